The lowest BCUT2D eigenvalue weighted by Gasteiger charge is -2.10. The Kier molecular flexibility index (Phi) is 3.01. The number of nitrogens with two attached hydrogens (primary N) is 1. The summed E-state index contributed by atoms with van der Waals surface area (Å²) in [5.74, 6) is -0.396. The third-order valence-electron chi connectivity index (χ3n) is 3.10. The summed E-state index contributed by atoms with van der Waals surface area (Å²) in [6, 6.07) is 13.7. The standard InChI is InChI=1S/C15H10F3N3/c16-15(17,18)13-8-12(20-14(19)21-13)11-7-3-5-9-4-1-2-6-10(9)11/h1-8H,(H2,19,20,21). The van der Waals surface area contributed by atoms with E-state index >= 15 is 0 Å². The van der Waals surface area contributed by atoms with Crippen LogP contribution in [0.5, 0.6) is 0 Å². The summed E-state index contributed by atoms with van der Waals surface area (Å²) in [4.78, 5) is 7.19. The summed E-state index contributed by atoms with van der Waals surface area (Å²) in [7, 11) is 0. The lowest BCUT2D eigenvalue weighted by molar-refractivity contribution is -0.141. The summed E-state index contributed by atoms with van der Waals surface area (Å²) < 4.78 is 38.5. The molecule has 0 bridgehead atoms. The SMILES string of the molecule is Nc1nc(-c2cccc3ccccc23)cc(C(F)(F)F)n1. The molecule has 0 saturated carbocycles. The van der Waals surface area contributed by atoms with Crippen LogP contribution < -0.4 is 5.73 Å². The zero-order valence-corrected chi connectivity index (χ0v) is 10.7. The minimum Gasteiger partial charge on any atom is -0.368 e. The Balaban J connectivity index is 2.26. The first-order valence-electron chi connectivity index (χ1n) is 6.15. The molecule has 2 aromatic carbocycles. The van der Waals surface area contributed by atoms with E-state index < -0.39 is 17.8 Å². The fourth-order valence-corrected chi connectivity index (χ4v) is 2.20. The molecule has 0 aliphatic carbocycles. The second-order valence-corrected chi connectivity index (χ2v) is 4.52. The Morgan fingerprint density at radius 1 is 0.905 bits per heavy atom. The molecule has 0 amide bonds. The van der Waals surface area contributed by atoms with Gasteiger partial charge < -0.3 is 5.73 Å². The molecule has 2 N–H and O–H groups in total. The second-order valence-electron chi connectivity index (χ2n) is 4.52. The van der Waals surface area contributed by atoms with Gasteiger partial charge in [0.05, 0.1) is 5.69 Å². The van der Waals surface area contributed by atoms with Gasteiger partial charge >= 0.3 is 6.18 Å². The third kappa shape index (κ3) is 2.52. The fourth-order valence-electron chi connectivity index (χ4n) is 2.20. The van der Waals surface area contributed by atoms with Gasteiger partial charge in [-0.3, -0.25) is 0 Å². The summed E-state index contributed by atoms with van der Waals surface area (Å²) >= 11 is 0. The minimum absolute atomic E-state index is 0.159. The van der Waals surface area contributed by atoms with Crippen molar-refractivity contribution in [3.8, 4) is 11.3 Å². The number of nitrogens with zero attached hydrogens (tertiary/aromatic N) is 2. The highest BCUT2D eigenvalue weighted by Crippen LogP contribution is 2.33. The molecule has 0 aliphatic rings. The van der Waals surface area contributed by atoms with Gasteiger partial charge in [-0.25, -0.2) is 9.97 Å². The first kappa shape index (κ1) is 13.4. The largest absolute Gasteiger partial charge is 0.433 e. The number of nitrogen functional groups attached to an aromatic ring is 1. The maximum atomic E-state index is 12.8. The van der Waals surface area contributed by atoms with Crippen LogP contribution in [-0.2, 0) is 6.18 Å². The Morgan fingerprint density at radius 3 is 2.38 bits per heavy atom. The van der Waals surface area contributed by atoms with Crippen molar-refractivity contribution in [1.82, 2.24) is 9.97 Å². The molecule has 0 aliphatic heterocycles. The Bertz CT molecular complexity index is 807. The summed E-state index contributed by atoms with van der Waals surface area (Å²) in [6.07, 6.45) is -4.56. The predicted molar refractivity (Wildman–Crippen MR) is 74.4 cm³/mol. The van der Waals surface area contributed by atoms with Gasteiger partial charge in [0, 0.05) is 5.56 Å². The van der Waals surface area contributed by atoms with Crippen molar-refractivity contribution in [2.24, 2.45) is 0 Å². The first-order chi connectivity index (χ1) is 9.95. The average molecular weight is 289 g/mol. The molecule has 3 nitrogen and oxygen atoms in total. The van der Waals surface area contributed by atoms with Crippen LogP contribution in [-0.4, -0.2) is 9.97 Å². The number of aromatic nitrogens is 2. The summed E-state index contributed by atoms with van der Waals surface area (Å²) in [6.45, 7) is 0. The van der Waals surface area contributed by atoms with E-state index in [4.69, 9.17) is 5.73 Å². The van der Waals surface area contributed by atoms with Gasteiger partial charge in [0.1, 0.15) is 0 Å². The van der Waals surface area contributed by atoms with E-state index in [1.165, 1.54) is 0 Å². The average Bonchev–Trinajstić information content (AvgIpc) is 2.45. The van der Waals surface area contributed by atoms with Crippen LogP contribution in [0.4, 0.5) is 19.1 Å². The number of hydrogen-bond donors (Lipinski definition) is 1. The molecule has 0 saturated heterocycles. The van der Waals surface area contributed by atoms with E-state index in [9.17, 15) is 13.2 Å². The van der Waals surface area contributed by atoms with Crippen LogP contribution in [0.15, 0.2) is 48.5 Å². The van der Waals surface area contributed by atoms with Crippen LogP contribution in [0.3, 0.4) is 0 Å². The van der Waals surface area contributed by atoms with Crippen LogP contribution in [0.2, 0.25) is 0 Å². The Morgan fingerprint density at radius 2 is 1.62 bits per heavy atom. The number of fused-ring (bicyclic) bond motifs is 1. The van der Waals surface area contributed by atoms with Crippen molar-refractivity contribution in [2.75, 3.05) is 5.73 Å². The molecule has 0 radical (unpaired) electrons. The molecule has 0 spiro atoms. The lowest BCUT2D eigenvalue weighted by Crippen LogP contribution is -2.11. The number of alkyl halides is 3. The molecule has 106 valence electrons. The minimum atomic E-state index is -4.56. The van der Waals surface area contributed by atoms with Crippen molar-refractivity contribution in [1.29, 1.82) is 0 Å². The van der Waals surface area contributed by atoms with E-state index in [1.54, 1.807) is 12.1 Å². The van der Waals surface area contributed by atoms with Gasteiger partial charge in [-0.2, -0.15) is 13.2 Å². The summed E-state index contributed by atoms with van der Waals surface area (Å²) in [5.41, 5.74) is 5.12. The van der Waals surface area contributed by atoms with E-state index in [0.717, 1.165) is 16.8 Å². The first-order valence-corrected chi connectivity index (χ1v) is 6.15. The molecule has 3 rings (SSSR count). The maximum Gasteiger partial charge on any atom is 0.433 e. The number of anilines is 1. The van der Waals surface area contributed by atoms with Gasteiger partial charge in [0.25, 0.3) is 0 Å². The van der Waals surface area contributed by atoms with Crippen LogP contribution >= 0.6 is 0 Å². The Hall–Kier alpha value is -2.63. The van der Waals surface area contributed by atoms with Crippen molar-refractivity contribution in [3.05, 3.63) is 54.2 Å². The fraction of sp³-hybridized carbons (Fsp3) is 0.0667. The zero-order valence-electron chi connectivity index (χ0n) is 10.7. The molecule has 0 fully saturated rings. The molecule has 1 aromatic heterocycles. The van der Waals surface area contributed by atoms with E-state index in [1.807, 2.05) is 30.3 Å². The molecular weight excluding hydrogens is 279 g/mol. The highest BCUT2D eigenvalue weighted by molar-refractivity contribution is 5.95. The highest BCUT2D eigenvalue weighted by atomic mass is 19.4. The monoisotopic (exact) mass is 289 g/mol. The quantitative estimate of drug-likeness (QED) is 0.739. The number of rotatable bonds is 1. The van der Waals surface area contributed by atoms with Crippen molar-refractivity contribution < 1.29 is 13.2 Å². The van der Waals surface area contributed by atoms with E-state index in [0.29, 0.717) is 5.56 Å². The molecular formula is C15H10F3N3. The lowest BCUT2D eigenvalue weighted by atomic mass is 10.0. The number of halogens is 3. The van der Waals surface area contributed by atoms with Crippen molar-refractivity contribution >= 4 is 16.7 Å². The van der Waals surface area contributed by atoms with Gasteiger partial charge in [0.2, 0.25) is 5.95 Å². The van der Waals surface area contributed by atoms with Gasteiger partial charge in [0.15, 0.2) is 5.69 Å². The van der Waals surface area contributed by atoms with E-state index in [2.05, 4.69) is 9.97 Å². The molecule has 0 atom stereocenters. The van der Waals surface area contributed by atoms with Gasteiger partial charge in [-0.05, 0) is 16.8 Å². The normalized spacial score (nSPS) is 11.8. The summed E-state index contributed by atoms with van der Waals surface area (Å²) in [5, 5.41) is 1.73. The topological polar surface area (TPSA) is 51.8 Å². The van der Waals surface area contributed by atoms with Crippen LogP contribution in [0.1, 0.15) is 5.69 Å². The molecule has 21 heavy (non-hydrogen) atoms. The number of benzene rings is 2. The second kappa shape index (κ2) is 4.73. The molecule has 0 unspecified atom stereocenters. The van der Waals surface area contributed by atoms with Crippen LogP contribution in [0.25, 0.3) is 22.0 Å². The maximum absolute atomic E-state index is 12.8. The third-order valence-corrected chi connectivity index (χ3v) is 3.10. The highest BCUT2D eigenvalue weighted by Gasteiger charge is 2.33. The zero-order chi connectivity index (χ0) is 15.0. The Labute approximate surface area is 118 Å². The number of hydrogen-bond acceptors (Lipinski definition) is 3. The van der Waals surface area contributed by atoms with Crippen LogP contribution in [0, 0.1) is 0 Å². The van der Waals surface area contributed by atoms with E-state index in [-0.39, 0.29) is 5.69 Å². The van der Waals surface area contributed by atoms with Gasteiger partial charge in [-0.1, -0.05) is 42.5 Å². The smallest absolute Gasteiger partial charge is 0.368 e. The molecule has 1 heterocycles. The van der Waals surface area contributed by atoms with Gasteiger partial charge in [-0.15, -0.1) is 0 Å². The van der Waals surface area contributed by atoms with Crippen molar-refractivity contribution in [2.45, 2.75) is 6.18 Å². The van der Waals surface area contributed by atoms with Crippen molar-refractivity contribution in [3.63, 3.8) is 0 Å². The predicted octanol–water partition coefficient (Wildman–Crippen LogP) is 3.90. The molecule has 3 aromatic rings. The molecule has 6 heteroatoms.